The SMILES string of the molecule is O=C(O)C1=NOC(C(=O)Nc2c(F)cccc2Br)C1. The maximum Gasteiger partial charge on any atom is 0.353 e. The second-order valence-electron chi connectivity index (χ2n) is 3.73. The van der Waals surface area contributed by atoms with E-state index in [1.54, 1.807) is 6.07 Å². The zero-order chi connectivity index (χ0) is 14.0. The van der Waals surface area contributed by atoms with Crippen molar-refractivity contribution < 1.29 is 23.9 Å². The molecule has 6 nitrogen and oxygen atoms in total. The van der Waals surface area contributed by atoms with Gasteiger partial charge in [0, 0.05) is 10.9 Å². The van der Waals surface area contributed by atoms with Gasteiger partial charge in [-0.1, -0.05) is 11.2 Å². The van der Waals surface area contributed by atoms with Gasteiger partial charge in [0.25, 0.3) is 5.91 Å². The average Bonchev–Trinajstić information content (AvgIpc) is 2.83. The molecule has 2 N–H and O–H groups in total. The van der Waals surface area contributed by atoms with Crippen LogP contribution in [0.2, 0.25) is 0 Å². The van der Waals surface area contributed by atoms with Crippen molar-refractivity contribution in [3.63, 3.8) is 0 Å². The van der Waals surface area contributed by atoms with E-state index in [2.05, 4.69) is 26.4 Å². The summed E-state index contributed by atoms with van der Waals surface area (Å²) in [7, 11) is 0. The van der Waals surface area contributed by atoms with Crippen LogP contribution in [0.4, 0.5) is 10.1 Å². The van der Waals surface area contributed by atoms with Crippen molar-refractivity contribution in [2.75, 3.05) is 5.32 Å². The molecule has 0 spiro atoms. The number of rotatable bonds is 3. The Kier molecular flexibility index (Phi) is 3.79. The van der Waals surface area contributed by atoms with Crippen molar-refractivity contribution >= 4 is 39.2 Å². The minimum atomic E-state index is -1.25. The largest absolute Gasteiger partial charge is 0.477 e. The maximum absolute atomic E-state index is 13.5. The summed E-state index contributed by atoms with van der Waals surface area (Å²) in [6.07, 6.45) is -1.23. The molecule has 0 bridgehead atoms. The van der Waals surface area contributed by atoms with E-state index < -0.39 is 23.8 Å². The van der Waals surface area contributed by atoms with Gasteiger partial charge in [0.15, 0.2) is 5.71 Å². The molecule has 0 aliphatic carbocycles. The number of halogens is 2. The number of amides is 1. The summed E-state index contributed by atoms with van der Waals surface area (Å²) in [5.41, 5.74) is -0.271. The lowest BCUT2D eigenvalue weighted by atomic mass is 10.1. The lowest BCUT2D eigenvalue weighted by Gasteiger charge is -2.11. The molecule has 19 heavy (non-hydrogen) atoms. The standard InChI is InChI=1S/C11H8BrFN2O4/c12-5-2-1-3-6(13)9(5)14-10(16)8-4-7(11(17)18)15-19-8/h1-3,8H,4H2,(H,14,16)(H,17,18). The Hall–Kier alpha value is -1.96. The number of aliphatic carboxylic acids is 1. The van der Waals surface area contributed by atoms with Crippen LogP contribution in [0.1, 0.15) is 6.42 Å². The molecule has 1 aliphatic heterocycles. The molecule has 1 atom stereocenters. The molecule has 0 fully saturated rings. The van der Waals surface area contributed by atoms with Gasteiger partial charge in [-0.05, 0) is 28.1 Å². The van der Waals surface area contributed by atoms with Gasteiger partial charge in [-0.3, -0.25) is 4.79 Å². The molecule has 100 valence electrons. The van der Waals surface area contributed by atoms with Gasteiger partial charge in [-0.15, -0.1) is 0 Å². The van der Waals surface area contributed by atoms with Crippen LogP contribution in [0.3, 0.4) is 0 Å². The lowest BCUT2D eigenvalue weighted by molar-refractivity contribution is -0.129. The van der Waals surface area contributed by atoms with E-state index in [4.69, 9.17) is 9.94 Å². The molecule has 1 heterocycles. The number of anilines is 1. The normalized spacial score (nSPS) is 17.6. The lowest BCUT2D eigenvalue weighted by Crippen LogP contribution is -2.29. The predicted octanol–water partition coefficient (Wildman–Crippen LogP) is 1.76. The molecule has 0 saturated carbocycles. The highest BCUT2D eigenvalue weighted by Gasteiger charge is 2.32. The molecule has 1 aromatic rings. The minimum absolute atomic E-state index is 0.0279. The number of nitrogens with zero attached hydrogens (tertiary/aromatic N) is 1. The third-order valence-corrected chi connectivity index (χ3v) is 3.08. The first-order chi connectivity index (χ1) is 8.99. The van der Waals surface area contributed by atoms with Gasteiger partial charge in [-0.25, -0.2) is 9.18 Å². The molecule has 1 amide bonds. The second-order valence-corrected chi connectivity index (χ2v) is 4.58. The van der Waals surface area contributed by atoms with Gasteiger partial charge in [0.1, 0.15) is 5.82 Å². The third-order valence-electron chi connectivity index (χ3n) is 2.42. The van der Waals surface area contributed by atoms with Crippen LogP contribution in [0.15, 0.2) is 27.8 Å². The van der Waals surface area contributed by atoms with E-state index in [9.17, 15) is 14.0 Å². The fourth-order valence-electron chi connectivity index (χ4n) is 1.47. The van der Waals surface area contributed by atoms with Crippen molar-refractivity contribution in [3.05, 3.63) is 28.5 Å². The van der Waals surface area contributed by atoms with E-state index >= 15 is 0 Å². The number of carboxylic acid groups (broad SMARTS) is 1. The van der Waals surface area contributed by atoms with Crippen LogP contribution in [0.5, 0.6) is 0 Å². The number of carboxylic acids is 1. The summed E-state index contributed by atoms with van der Waals surface area (Å²) < 4.78 is 13.9. The number of hydrogen-bond acceptors (Lipinski definition) is 4. The van der Waals surface area contributed by atoms with Crippen LogP contribution in [-0.2, 0) is 14.4 Å². The topological polar surface area (TPSA) is 88.0 Å². The second kappa shape index (κ2) is 5.35. The number of nitrogens with one attached hydrogen (secondary N) is 1. The molecule has 2 rings (SSSR count). The quantitative estimate of drug-likeness (QED) is 0.883. The molecule has 0 radical (unpaired) electrons. The zero-order valence-corrected chi connectivity index (χ0v) is 11.0. The summed E-state index contributed by atoms with van der Waals surface area (Å²) in [5, 5.41) is 14.3. The third kappa shape index (κ3) is 2.90. The van der Waals surface area contributed by atoms with E-state index in [0.29, 0.717) is 4.47 Å². The maximum atomic E-state index is 13.5. The smallest absolute Gasteiger partial charge is 0.353 e. The number of carbonyl (C=O) groups excluding carboxylic acids is 1. The highest BCUT2D eigenvalue weighted by Crippen LogP contribution is 2.26. The number of oxime groups is 1. The summed E-state index contributed by atoms with van der Waals surface area (Å²) >= 11 is 3.10. The van der Waals surface area contributed by atoms with Gasteiger partial charge >= 0.3 is 5.97 Å². The minimum Gasteiger partial charge on any atom is -0.477 e. The first kappa shape index (κ1) is 13.5. The summed E-state index contributed by atoms with van der Waals surface area (Å²) in [4.78, 5) is 27.1. The number of hydrogen-bond donors (Lipinski definition) is 2. The molecular formula is C11H8BrFN2O4. The fourth-order valence-corrected chi connectivity index (χ4v) is 1.91. The molecule has 1 aliphatic rings. The first-order valence-electron chi connectivity index (χ1n) is 5.20. The summed E-state index contributed by atoms with van der Waals surface area (Å²) in [6.45, 7) is 0. The van der Waals surface area contributed by atoms with Gasteiger partial charge in [0.2, 0.25) is 6.10 Å². The highest BCUT2D eigenvalue weighted by molar-refractivity contribution is 9.10. The Morgan fingerprint density at radius 1 is 1.53 bits per heavy atom. The molecule has 1 unspecified atom stereocenters. The van der Waals surface area contributed by atoms with Crippen LogP contribution in [0.25, 0.3) is 0 Å². The van der Waals surface area contributed by atoms with E-state index in [0.717, 1.165) is 0 Å². The summed E-state index contributed by atoms with van der Waals surface area (Å²) in [6, 6.07) is 4.23. The number of para-hydroxylation sites is 1. The predicted molar refractivity (Wildman–Crippen MR) is 67.3 cm³/mol. The number of benzene rings is 1. The van der Waals surface area contributed by atoms with Crippen molar-refractivity contribution in [1.82, 2.24) is 0 Å². The average molecular weight is 331 g/mol. The Labute approximate surface area is 115 Å². The zero-order valence-electron chi connectivity index (χ0n) is 9.39. The van der Waals surface area contributed by atoms with E-state index in [-0.39, 0.29) is 17.8 Å². The number of carbonyl (C=O) groups is 2. The summed E-state index contributed by atoms with van der Waals surface area (Å²) in [5.74, 6) is -2.52. The van der Waals surface area contributed by atoms with E-state index in [1.807, 2.05) is 0 Å². The Balaban J connectivity index is 2.06. The Morgan fingerprint density at radius 2 is 2.26 bits per heavy atom. The molecule has 0 aromatic heterocycles. The molecule has 0 saturated heterocycles. The van der Waals surface area contributed by atoms with Crippen molar-refractivity contribution in [2.24, 2.45) is 5.16 Å². The van der Waals surface area contributed by atoms with Gasteiger partial charge < -0.3 is 15.3 Å². The molecule has 1 aromatic carbocycles. The first-order valence-corrected chi connectivity index (χ1v) is 5.99. The van der Waals surface area contributed by atoms with Gasteiger partial charge in [0.05, 0.1) is 5.69 Å². The Bertz CT molecular complexity index is 556. The van der Waals surface area contributed by atoms with Gasteiger partial charge in [-0.2, -0.15) is 0 Å². The van der Waals surface area contributed by atoms with E-state index in [1.165, 1.54) is 12.1 Å². The van der Waals surface area contributed by atoms with Crippen LogP contribution >= 0.6 is 15.9 Å². The monoisotopic (exact) mass is 330 g/mol. The molecule has 8 heteroatoms. The van der Waals surface area contributed by atoms with Crippen LogP contribution in [-0.4, -0.2) is 28.8 Å². The Morgan fingerprint density at radius 3 is 2.84 bits per heavy atom. The van der Waals surface area contributed by atoms with Crippen LogP contribution < -0.4 is 5.32 Å². The van der Waals surface area contributed by atoms with Crippen molar-refractivity contribution in [1.29, 1.82) is 0 Å². The highest BCUT2D eigenvalue weighted by atomic mass is 79.9. The van der Waals surface area contributed by atoms with Crippen LogP contribution in [0, 0.1) is 5.82 Å². The van der Waals surface area contributed by atoms with Crippen molar-refractivity contribution in [2.45, 2.75) is 12.5 Å². The fraction of sp³-hybridized carbons (Fsp3) is 0.182. The molecular weight excluding hydrogens is 323 g/mol. The van der Waals surface area contributed by atoms with Crippen molar-refractivity contribution in [3.8, 4) is 0 Å².